The summed E-state index contributed by atoms with van der Waals surface area (Å²) in [7, 11) is 0. The van der Waals surface area contributed by atoms with E-state index >= 15 is 0 Å². The summed E-state index contributed by atoms with van der Waals surface area (Å²) in [6.45, 7) is 1.77. The van der Waals surface area contributed by atoms with Gasteiger partial charge < -0.3 is 25.9 Å². The van der Waals surface area contributed by atoms with Crippen LogP contribution in [0.3, 0.4) is 0 Å². The van der Waals surface area contributed by atoms with Gasteiger partial charge in [0, 0.05) is 11.4 Å². The number of carbonyl (C=O) groups excluding carboxylic acids is 1. The number of amides is 1. The minimum absolute atomic E-state index is 0.0803. The summed E-state index contributed by atoms with van der Waals surface area (Å²) in [5.41, 5.74) is 6.64. The Balaban J connectivity index is 0.000000168. The number of anilines is 2. The number of ether oxygens (including phenoxy) is 1. The predicted octanol–water partition coefficient (Wildman–Crippen LogP) is 0.981. The fourth-order valence-electron chi connectivity index (χ4n) is 1.84. The predicted molar refractivity (Wildman–Crippen MR) is 83.7 cm³/mol. The topological polar surface area (TPSA) is 135 Å². The van der Waals surface area contributed by atoms with Gasteiger partial charge in [-0.1, -0.05) is 0 Å². The molecule has 8 heteroatoms. The number of carboxylic acids is 1. The molecule has 0 bridgehead atoms. The quantitative estimate of drug-likeness (QED) is 0.579. The number of carbonyl (C=O) groups is 2. The molecule has 8 nitrogen and oxygen atoms in total. The number of aryl methyl sites for hydroxylation is 1. The smallest absolute Gasteiger partial charge is 0.341 e. The highest BCUT2D eigenvalue weighted by Gasteiger charge is 2.14. The van der Waals surface area contributed by atoms with E-state index in [1.165, 1.54) is 6.07 Å². The molecular weight excluding hydrogens is 302 g/mol. The van der Waals surface area contributed by atoms with E-state index in [1.807, 2.05) is 0 Å². The number of pyridine rings is 1. The molecule has 0 atom stereocenters. The van der Waals surface area contributed by atoms with Gasteiger partial charge in [-0.25, -0.2) is 4.79 Å². The van der Waals surface area contributed by atoms with Gasteiger partial charge in [-0.3, -0.25) is 9.59 Å². The molecule has 120 valence electrons. The van der Waals surface area contributed by atoms with E-state index in [1.54, 1.807) is 31.2 Å². The van der Waals surface area contributed by atoms with Crippen molar-refractivity contribution in [2.45, 2.75) is 6.92 Å². The molecule has 1 aromatic heterocycles. The van der Waals surface area contributed by atoms with Crippen LogP contribution in [-0.2, 0) is 4.79 Å². The normalized spacial score (nSPS) is 12.1. The van der Waals surface area contributed by atoms with E-state index < -0.39 is 11.5 Å². The zero-order valence-electron chi connectivity index (χ0n) is 12.3. The maximum atomic E-state index is 10.9. The number of nitrogens with one attached hydrogen (secondary N) is 2. The lowest BCUT2D eigenvalue weighted by Gasteiger charge is -2.17. The molecule has 0 saturated heterocycles. The summed E-state index contributed by atoms with van der Waals surface area (Å²) < 4.78 is 5.12. The number of hydrogen-bond donors (Lipinski definition) is 4. The number of H-pyrrole nitrogens is 1. The van der Waals surface area contributed by atoms with E-state index in [-0.39, 0.29) is 18.1 Å². The number of benzene rings is 1. The Labute approximate surface area is 130 Å². The van der Waals surface area contributed by atoms with E-state index in [0.717, 1.165) is 0 Å². The van der Waals surface area contributed by atoms with Crippen LogP contribution in [0.1, 0.15) is 16.1 Å². The van der Waals surface area contributed by atoms with Crippen LogP contribution >= 0.6 is 0 Å². The molecule has 0 fully saturated rings. The Morgan fingerprint density at radius 1 is 1.26 bits per heavy atom. The summed E-state index contributed by atoms with van der Waals surface area (Å²) in [5, 5.41) is 11.1. The number of fused-ring (bicyclic) bond motifs is 1. The van der Waals surface area contributed by atoms with Crippen molar-refractivity contribution in [3.05, 3.63) is 51.9 Å². The molecule has 1 aliphatic rings. The molecule has 0 saturated carbocycles. The first-order valence-electron chi connectivity index (χ1n) is 6.62. The van der Waals surface area contributed by atoms with Gasteiger partial charge >= 0.3 is 5.97 Å². The van der Waals surface area contributed by atoms with E-state index in [4.69, 9.17) is 15.6 Å². The maximum Gasteiger partial charge on any atom is 0.341 e. The van der Waals surface area contributed by atoms with Gasteiger partial charge in [0.2, 0.25) is 0 Å². The second-order valence-electron chi connectivity index (χ2n) is 4.78. The average Bonchev–Trinajstić information content (AvgIpc) is 2.46. The summed E-state index contributed by atoms with van der Waals surface area (Å²) in [4.78, 5) is 34.4. The Kier molecular flexibility index (Phi) is 4.65. The van der Waals surface area contributed by atoms with Gasteiger partial charge in [-0.15, -0.1) is 0 Å². The number of nitrogen functional groups attached to an aromatic ring is 1. The number of aromatic amines is 1. The first kappa shape index (κ1) is 16.1. The summed E-state index contributed by atoms with van der Waals surface area (Å²) in [6.07, 6.45) is 0. The molecular formula is C15H15N3O5. The molecule has 23 heavy (non-hydrogen) atoms. The highest BCUT2D eigenvalue weighted by atomic mass is 16.5. The minimum Gasteiger partial charge on any atom is -0.482 e. The average molecular weight is 317 g/mol. The fourth-order valence-corrected chi connectivity index (χ4v) is 1.84. The van der Waals surface area contributed by atoms with Crippen molar-refractivity contribution < 1.29 is 19.4 Å². The second kappa shape index (κ2) is 6.65. The molecule has 3 rings (SSSR count). The van der Waals surface area contributed by atoms with Gasteiger partial charge in [-0.05, 0) is 37.3 Å². The molecule has 0 aliphatic carbocycles. The van der Waals surface area contributed by atoms with E-state index in [9.17, 15) is 14.4 Å². The van der Waals surface area contributed by atoms with Crippen LogP contribution in [0, 0.1) is 6.92 Å². The van der Waals surface area contributed by atoms with Crippen molar-refractivity contribution in [1.82, 2.24) is 4.98 Å². The van der Waals surface area contributed by atoms with Crippen LogP contribution in [0.15, 0.2) is 35.1 Å². The molecule has 1 aromatic carbocycles. The SMILES string of the molecule is Cc1ccc(C(=O)O)c(=O)[nH]1.Nc1ccc2c(c1)NC(=O)CO2. The molecule has 0 spiro atoms. The Bertz CT molecular complexity index is 813. The van der Waals surface area contributed by atoms with Gasteiger partial charge in [-0.2, -0.15) is 0 Å². The molecule has 0 unspecified atom stereocenters. The zero-order valence-corrected chi connectivity index (χ0v) is 12.3. The molecule has 2 aromatic rings. The zero-order chi connectivity index (χ0) is 17.0. The number of aromatic carboxylic acids is 1. The minimum atomic E-state index is -1.20. The van der Waals surface area contributed by atoms with Crippen molar-refractivity contribution in [3.63, 3.8) is 0 Å². The van der Waals surface area contributed by atoms with Gasteiger partial charge in [0.1, 0.15) is 11.3 Å². The Morgan fingerprint density at radius 3 is 2.65 bits per heavy atom. The molecule has 1 aliphatic heterocycles. The lowest BCUT2D eigenvalue weighted by molar-refractivity contribution is -0.118. The highest BCUT2D eigenvalue weighted by Crippen LogP contribution is 2.28. The van der Waals surface area contributed by atoms with Crippen LogP contribution in [0.25, 0.3) is 0 Å². The molecule has 5 N–H and O–H groups in total. The monoisotopic (exact) mass is 317 g/mol. The first-order chi connectivity index (χ1) is 10.9. The van der Waals surface area contributed by atoms with Gasteiger partial charge in [0.25, 0.3) is 11.5 Å². The summed E-state index contributed by atoms with van der Waals surface area (Å²) in [5.74, 6) is -0.678. The summed E-state index contributed by atoms with van der Waals surface area (Å²) in [6, 6.07) is 7.98. The third-order valence-electron chi connectivity index (χ3n) is 2.92. The van der Waals surface area contributed by atoms with Gasteiger partial charge in [0.15, 0.2) is 6.61 Å². The lowest BCUT2D eigenvalue weighted by Crippen LogP contribution is -2.25. The third kappa shape index (κ3) is 4.10. The van der Waals surface area contributed by atoms with Crippen LogP contribution < -0.4 is 21.3 Å². The van der Waals surface area contributed by atoms with Crippen LogP contribution in [0.4, 0.5) is 11.4 Å². The van der Waals surface area contributed by atoms with Crippen molar-refractivity contribution in [2.24, 2.45) is 0 Å². The van der Waals surface area contributed by atoms with E-state index in [2.05, 4.69) is 10.3 Å². The number of carboxylic acid groups (broad SMARTS) is 1. The molecule has 2 heterocycles. The van der Waals surface area contributed by atoms with Gasteiger partial charge in [0.05, 0.1) is 5.69 Å². The standard InChI is InChI=1S/C8H8N2O2.C7H7NO3/c9-5-1-2-7-6(3-5)10-8(11)4-12-7;1-4-2-3-5(7(10)11)6(9)8-4/h1-3H,4,9H2,(H,10,11);2-3H,1H3,(H,8,9)(H,10,11). The Morgan fingerprint density at radius 2 is 2.00 bits per heavy atom. The van der Waals surface area contributed by atoms with E-state index in [0.29, 0.717) is 22.8 Å². The van der Waals surface area contributed by atoms with Crippen molar-refractivity contribution >= 4 is 23.3 Å². The number of aromatic nitrogens is 1. The fraction of sp³-hybridized carbons (Fsp3) is 0.133. The van der Waals surface area contributed by atoms with Crippen LogP contribution in [0.5, 0.6) is 5.75 Å². The third-order valence-corrected chi connectivity index (χ3v) is 2.92. The first-order valence-corrected chi connectivity index (χ1v) is 6.62. The second-order valence-corrected chi connectivity index (χ2v) is 4.78. The van der Waals surface area contributed by atoms with Crippen molar-refractivity contribution in [3.8, 4) is 5.75 Å². The lowest BCUT2D eigenvalue weighted by atomic mass is 10.2. The van der Waals surface area contributed by atoms with Crippen LogP contribution in [-0.4, -0.2) is 28.6 Å². The number of nitrogens with two attached hydrogens (primary N) is 1. The molecule has 0 radical (unpaired) electrons. The largest absolute Gasteiger partial charge is 0.482 e. The Hall–Kier alpha value is -3.29. The van der Waals surface area contributed by atoms with Crippen LogP contribution in [0.2, 0.25) is 0 Å². The number of hydrogen-bond acceptors (Lipinski definition) is 5. The number of rotatable bonds is 1. The molecule has 1 amide bonds. The highest BCUT2D eigenvalue weighted by molar-refractivity contribution is 5.95. The van der Waals surface area contributed by atoms with Crippen molar-refractivity contribution in [2.75, 3.05) is 17.7 Å². The van der Waals surface area contributed by atoms with Crippen molar-refractivity contribution in [1.29, 1.82) is 0 Å². The maximum absolute atomic E-state index is 10.9. The summed E-state index contributed by atoms with van der Waals surface area (Å²) >= 11 is 0.